The number of amides is 1. The molecule has 1 fully saturated rings. The van der Waals surface area contributed by atoms with Crippen molar-refractivity contribution in [3.8, 4) is 11.5 Å². The molecule has 0 saturated heterocycles. The van der Waals surface area contributed by atoms with Crippen molar-refractivity contribution in [1.29, 1.82) is 0 Å². The number of carbonyl (C=O) groups excluding carboxylic acids is 1. The maximum Gasteiger partial charge on any atom is 0.231 e. The summed E-state index contributed by atoms with van der Waals surface area (Å²) >= 11 is 0. The Bertz CT molecular complexity index is 547. The van der Waals surface area contributed by atoms with E-state index in [4.69, 9.17) is 15.2 Å². The molecule has 1 aromatic carbocycles. The first-order chi connectivity index (χ1) is 10.7. The van der Waals surface area contributed by atoms with E-state index >= 15 is 0 Å². The number of hydrogen-bond acceptors (Lipinski definition) is 4. The quantitative estimate of drug-likeness (QED) is 0.927. The van der Waals surface area contributed by atoms with Gasteiger partial charge in [0.05, 0.1) is 0 Å². The minimum atomic E-state index is 0.0812. The van der Waals surface area contributed by atoms with Gasteiger partial charge in [0.1, 0.15) is 0 Å². The number of ether oxygens (including phenoxy) is 2. The average molecular weight is 304 g/mol. The molecule has 5 nitrogen and oxygen atoms in total. The van der Waals surface area contributed by atoms with E-state index in [-0.39, 0.29) is 24.7 Å². The van der Waals surface area contributed by atoms with Gasteiger partial charge in [-0.1, -0.05) is 12.5 Å². The largest absolute Gasteiger partial charge is 0.454 e. The highest BCUT2D eigenvalue weighted by Crippen LogP contribution is 2.33. The van der Waals surface area contributed by atoms with Gasteiger partial charge >= 0.3 is 0 Å². The van der Waals surface area contributed by atoms with Crippen molar-refractivity contribution in [2.45, 2.75) is 45.2 Å². The summed E-state index contributed by atoms with van der Waals surface area (Å²) in [6.07, 6.45) is 3.87. The van der Waals surface area contributed by atoms with Crippen molar-refractivity contribution in [3.05, 3.63) is 23.8 Å². The molecule has 1 amide bonds. The molecule has 2 N–H and O–H groups in total. The van der Waals surface area contributed by atoms with Gasteiger partial charge in [-0.05, 0) is 43.9 Å². The van der Waals surface area contributed by atoms with E-state index in [0.717, 1.165) is 42.7 Å². The van der Waals surface area contributed by atoms with Crippen LogP contribution in [-0.2, 0) is 11.3 Å². The number of benzene rings is 1. The molecule has 120 valence electrons. The Labute approximate surface area is 131 Å². The van der Waals surface area contributed by atoms with Crippen LogP contribution in [0.5, 0.6) is 11.5 Å². The second-order valence-electron chi connectivity index (χ2n) is 6.16. The van der Waals surface area contributed by atoms with Crippen LogP contribution >= 0.6 is 0 Å². The predicted octanol–water partition coefficient (Wildman–Crippen LogP) is 2.28. The minimum absolute atomic E-state index is 0.0812. The first kappa shape index (κ1) is 15.2. The van der Waals surface area contributed by atoms with Crippen LogP contribution in [0.3, 0.4) is 0 Å². The zero-order chi connectivity index (χ0) is 15.5. The molecule has 3 rings (SSSR count). The number of nitrogens with zero attached hydrogens (tertiary/aromatic N) is 1. The van der Waals surface area contributed by atoms with Crippen LogP contribution in [0.4, 0.5) is 0 Å². The second-order valence-corrected chi connectivity index (χ2v) is 6.16. The molecular formula is C17H24N2O3. The molecule has 0 spiro atoms. The molecule has 22 heavy (non-hydrogen) atoms. The predicted molar refractivity (Wildman–Crippen MR) is 83.6 cm³/mol. The normalized spacial score (nSPS) is 23.4. The van der Waals surface area contributed by atoms with Crippen molar-refractivity contribution >= 4 is 5.91 Å². The van der Waals surface area contributed by atoms with Gasteiger partial charge in [-0.3, -0.25) is 4.79 Å². The highest BCUT2D eigenvalue weighted by molar-refractivity contribution is 5.79. The molecule has 1 saturated carbocycles. The third-order valence-electron chi connectivity index (χ3n) is 4.57. The molecule has 2 aliphatic rings. The monoisotopic (exact) mass is 304 g/mol. The Morgan fingerprint density at radius 2 is 2.14 bits per heavy atom. The van der Waals surface area contributed by atoms with E-state index in [1.54, 1.807) is 0 Å². The lowest BCUT2D eigenvalue weighted by Crippen LogP contribution is -2.40. The van der Waals surface area contributed by atoms with Gasteiger partial charge in [0.15, 0.2) is 11.5 Å². The standard InChI is InChI=1S/C17H24N2O3/c1-2-19(17(20)13-4-3-5-14(18)9-13)10-12-6-7-15-16(8-12)22-11-21-15/h6-8,13-14H,2-5,9-11,18H2,1H3. The molecule has 1 aliphatic heterocycles. The summed E-state index contributed by atoms with van der Waals surface area (Å²) in [5, 5.41) is 0. The van der Waals surface area contributed by atoms with E-state index in [9.17, 15) is 4.79 Å². The van der Waals surface area contributed by atoms with E-state index < -0.39 is 0 Å². The molecule has 0 bridgehead atoms. The van der Waals surface area contributed by atoms with Crippen LogP contribution < -0.4 is 15.2 Å². The second kappa shape index (κ2) is 6.57. The fraction of sp³-hybridized carbons (Fsp3) is 0.588. The molecule has 0 aromatic heterocycles. The minimum Gasteiger partial charge on any atom is -0.454 e. The van der Waals surface area contributed by atoms with Crippen LogP contribution in [0.25, 0.3) is 0 Å². The Balaban J connectivity index is 1.67. The summed E-state index contributed by atoms with van der Waals surface area (Å²) in [6, 6.07) is 6.04. The maximum atomic E-state index is 12.7. The van der Waals surface area contributed by atoms with Gasteiger partial charge in [-0.25, -0.2) is 0 Å². The van der Waals surface area contributed by atoms with Crippen molar-refractivity contribution < 1.29 is 14.3 Å². The van der Waals surface area contributed by atoms with Gasteiger partial charge in [0.25, 0.3) is 0 Å². The highest BCUT2D eigenvalue weighted by atomic mass is 16.7. The molecule has 0 radical (unpaired) electrons. The van der Waals surface area contributed by atoms with Gasteiger partial charge < -0.3 is 20.1 Å². The summed E-state index contributed by atoms with van der Waals surface area (Å²) in [6.45, 7) is 3.61. The molecular weight excluding hydrogens is 280 g/mol. The lowest BCUT2D eigenvalue weighted by atomic mass is 9.85. The maximum absolute atomic E-state index is 12.7. The van der Waals surface area contributed by atoms with Gasteiger partial charge in [-0.2, -0.15) is 0 Å². The average Bonchev–Trinajstić information content (AvgIpc) is 2.99. The molecule has 1 aliphatic carbocycles. The van der Waals surface area contributed by atoms with Gasteiger partial charge in [0.2, 0.25) is 12.7 Å². The van der Waals surface area contributed by atoms with Crippen LogP contribution in [-0.4, -0.2) is 30.2 Å². The summed E-state index contributed by atoms with van der Waals surface area (Å²) < 4.78 is 10.7. The lowest BCUT2D eigenvalue weighted by Gasteiger charge is -2.31. The van der Waals surface area contributed by atoms with E-state index in [0.29, 0.717) is 13.1 Å². The fourth-order valence-corrected chi connectivity index (χ4v) is 3.32. The van der Waals surface area contributed by atoms with Crippen LogP contribution in [0.1, 0.15) is 38.2 Å². The van der Waals surface area contributed by atoms with E-state index in [1.165, 1.54) is 0 Å². The smallest absolute Gasteiger partial charge is 0.231 e. The van der Waals surface area contributed by atoms with Gasteiger partial charge in [0, 0.05) is 25.0 Å². The SMILES string of the molecule is CCN(Cc1ccc2c(c1)OCO2)C(=O)C1CCCC(N)C1. The van der Waals surface area contributed by atoms with Crippen LogP contribution in [0, 0.1) is 5.92 Å². The van der Waals surface area contributed by atoms with Crippen molar-refractivity contribution in [1.82, 2.24) is 4.90 Å². The third-order valence-corrected chi connectivity index (χ3v) is 4.57. The fourth-order valence-electron chi connectivity index (χ4n) is 3.32. The molecule has 1 heterocycles. The summed E-state index contributed by atoms with van der Waals surface area (Å²) in [4.78, 5) is 14.6. The van der Waals surface area contributed by atoms with Crippen LogP contribution in [0.2, 0.25) is 0 Å². The lowest BCUT2D eigenvalue weighted by molar-refractivity contribution is -0.137. The zero-order valence-electron chi connectivity index (χ0n) is 13.1. The number of hydrogen-bond donors (Lipinski definition) is 1. The molecule has 1 aromatic rings. The topological polar surface area (TPSA) is 64.8 Å². The highest BCUT2D eigenvalue weighted by Gasteiger charge is 2.28. The first-order valence-corrected chi connectivity index (χ1v) is 8.10. The zero-order valence-corrected chi connectivity index (χ0v) is 13.1. The Kier molecular flexibility index (Phi) is 4.52. The Morgan fingerprint density at radius 1 is 1.32 bits per heavy atom. The number of nitrogens with two attached hydrogens (primary N) is 1. The summed E-state index contributed by atoms with van der Waals surface area (Å²) in [5.41, 5.74) is 7.09. The van der Waals surface area contributed by atoms with Crippen LogP contribution in [0.15, 0.2) is 18.2 Å². The molecule has 2 atom stereocenters. The molecule has 5 heteroatoms. The number of carbonyl (C=O) groups is 1. The first-order valence-electron chi connectivity index (χ1n) is 8.10. The van der Waals surface area contributed by atoms with E-state index in [1.807, 2.05) is 30.0 Å². The summed E-state index contributed by atoms with van der Waals surface area (Å²) in [5.74, 6) is 1.85. The van der Waals surface area contributed by atoms with Crippen molar-refractivity contribution in [2.24, 2.45) is 11.7 Å². The van der Waals surface area contributed by atoms with Gasteiger partial charge in [-0.15, -0.1) is 0 Å². The Hall–Kier alpha value is -1.75. The summed E-state index contributed by atoms with van der Waals surface area (Å²) in [7, 11) is 0. The number of rotatable bonds is 4. The molecule has 2 unspecified atom stereocenters. The number of fused-ring (bicyclic) bond motifs is 1. The Morgan fingerprint density at radius 3 is 2.91 bits per heavy atom. The van der Waals surface area contributed by atoms with Crippen molar-refractivity contribution in [2.75, 3.05) is 13.3 Å². The third kappa shape index (κ3) is 3.19. The van der Waals surface area contributed by atoms with E-state index in [2.05, 4.69) is 0 Å². The van der Waals surface area contributed by atoms with Crippen molar-refractivity contribution in [3.63, 3.8) is 0 Å².